The number of hydrogen-bond donors (Lipinski definition) is 1. The smallest absolute Gasteiger partial charge is 0.322 e. The normalized spacial score (nSPS) is 17.8. The second-order valence-electron chi connectivity index (χ2n) is 6.04. The van der Waals surface area contributed by atoms with Crippen LogP contribution in [0, 0.1) is 0 Å². The molecular weight excluding hydrogens is 292 g/mol. The van der Waals surface area contributed by atoms with Crippen LogP contribution in [0.5, 0.6) is 0 Å². The van der Waals surface area contributed by atoms with Crippen molar-refractivity contribution in [3.63, 3.8) is 0 Å². The van der Waals surface area contributed by atoms with Crippen molar-refractivity contribution >= 4 is 17.5 Å². The first-order valence-electron chi connectivity index (χ1n) is 8.29. The number of rotatable bonds is 6. The third-order valence-electron chi connectivity index (χ3n) is 4.32. The SMILES string of the molecule is COCCC[C@@H]1CCCCN1C(=O)Nc1ccc(C(C)=O)cc1. The third-order valence-corrected chi connectivity index (χ3v) is 4.32. The molecule has 0 saturated carbocycles. The predicted octanol–water partition coefficient (Wildman–Crippen LogP) is 3.70. The van der Waals surface area contributed by atoms with Crippen molar-refractivity contribution in [2.75, 3.05) is 25.6 Å². The van der Waals surface area contributed by atoms with E-state index in [1.165, 1.54) is 13.3 Å². The number of carbonyl (C=O) groups is 2. The summed E-state index contributed by atoms with van der Waals surface area (Å²) in [4.78, 5) is 25.8. The number of Topliss-reactive ketones (excluding diaryl/α,β-unsaturated/α-hetero) is 1. The van der Waals surface area contributed by atoms with Crippen molar-refractivity contribution in [1.82, 2.24) is 4.90 Å². The van der Waals surface area contributed by atoms with Gasteiger partial charge in [0, 0.05) is 37.6 Å². The van der Waals surface area contributed by atoms with E-state index in [9.17, 15) is 9.59 Å². The molecule has 1 aromatic rings. The number of amides is 2. The maximum atomic E-state index is 12.5. The third kappa shape index (κ3) is 5.06. The molecule has 2 rings (SSSR count). The van der Waals surface area contributed by atoms with Gasteiger partial charge in [-0.25, -0.2) is 4.79 Å². The largest absolute Gasteiger partial charge is 0.385 e. The number of piperidine rings is 1. The van der Waals surface area contributed by atoms with E-state index in [0.29, 0.717) is 5.56 Å². The van der Waals surface area contributed by atoms with E-state index in [-0.39, 0.29) is 17.9 Å². The average Bonchev–Trinajstić information content (AvgIpc) is 2.56. The second-order valence-corrected chi connectivity index (χ2v) is 6.04. The highest BCUT2D eigenvalue weighted by Gasteiger charge is 2.26. The van der Waals surface area contributed by atoms with E-state index in [1.54, 1.807) is 31.4 Å². The molecule has 1 atom stereocenters. The van der Waals surface area contributed by atoms with Crippen LogP contribution in [0.15, 0.2) is 24.3 Å². The van der Waals surface area contributed by atoms with E-state index in [4.69, 9.17) is 4.74 Å². The number of hydrogen-bond acceptors (Lipinski definition) is 3. The Balaban J connectivity index is 1.95. The molecule has 5 heteroatoms. The maximum Gasteiger partial charge on any atom is 0.322 e. The molecule has 0 unspecified atom stereocenters. The minimum Gasteiger partial charge on any atom is -0.385 e. The van der Waals surface area contributed by atoms with Gasteiger partial charge in [-0.2, -0.15) is 0 Å². The van der Waals surface area contributed by atoms with Crippen molar-refractivity contribution in [2.24, 2.45) is 0 Å². The Labute approximate surface area is 138 Å². The number of methoxy groups -OCH3 is 1. The van der Waals surface area contributed by atoms with Gasteiger partial charge in [-0.15, -0.1) is 0 Å². The quantitative estimate of drug-likeness (QED) is 0.642. The number of nitrogens with one attached hydrogen (secondary N) is 1. The van der Waals surface area contributed by atoms with E-state index in [0.717, 1.165) is 44.5 Å². The number of carbonyl (C=O) groups excluding carboxylic acids is 2. The van der Waals surface area contributed by atoms with Gasteiger partial charge >= 0.3 is 6.03 Å². The van der Waals surface area contributed by atoms with Crippen LogP contribution < -0.4 is 5.32 Å². The number of ketones is 1. The Morgan fingerprint density at radius 3 is 2.65 bits per heavy atom. The lowest BCUT2D eigenvalue weighted by Crippen LogP contribution is -2.46. The summed E-state index contributed by atoms with van der Waals surface area (Å²) in [5, 5.41) is 2.94. The summed E-state index contributed by atoms with van der Waals surface area (Å²) in [5.41, 5.74) is 1.37. The summed E-state index contributed by atoms with van der Waals surface area (Å²) in [6.45, 7) is 3.07. The number of likely N-dealkylation sites (tertiary alicyclic amines) is 1. The van der Waals surface area contributed by atoms with Crippen LogP contribution >= 0.6 is 0 Å². The Hall–Kier alpha value is -1.88. The van der Waals surface area contributed by atoms with Gasteiger partial charge < -0.3 is 15.0 Å². The molecule has 0 radical (unpaired) electrons. The lowest BCUT2D eigenvalue weighted by Gasteiger charge is -2.35. The highest BCUT2D eigenvalue weighted by Crippen LogP contribution is 2.22. The molecule has 1 N–H and O–H groups in total. The van der Waals surface area contributed by atoms with E-state index < -0.39 is 0 Å². The Morgan fingerprint density at radius 2 is 2.00 bits per heavy atom. The number of urea groups is 1. The Morgan fingerprint density at radius 1 is 1.26 bits per heavy atom. The molecule has 1 aliphatic heterocycles. The molecule has 1 heterocycles. The average molecular weight is 318 g/mol. The molecular formula is C18H26N2O3. The first kappa shape index (κ1) is 17.5. The number of anilines is 1. The van der Waals surface area contributed by atoms with E-state index >= 15 is 0 Å². The standard InChI is InChI=1S/C18H26N2O3/c1-14(21)15-8-10-16(11-9-15)19-18(22)20-12-4-3-6-17(20)7-5-13-23-2/h8-11,17H,3-7,12-13H2,1-2H3,(H,19,22)/t17-/m0/s1. The fraction of sp³-hybridized carbons (Fsp3) is 0.556. The Bertz CT molecular complexity index is 528. The molecule has 1 saturated heterocycles. The van der Waals surface area contributed by atoms with Crippen molar-refractivity contribution < 1.29 is 14.3 Å². The molecule has 2 amide bonds. The molecule has 1 fully saturated rings. The summed E-state index contributed by atoms with van der Waals surface area (Å²) in [6, 6.07) is 7.27. The number of ether oxygens (including phenoxy) is 1. The van der Waals surface area contributed by atoms with Gasteiger partial charge in [0.2, 0.25) is 0 Å². The molecule has 0 spiro atoms. The van der Waals surface area contributed by atoms with Crippen molar-refractivity contribution in [3.05, 3.63) is 29.8 Å². The molecule has 0 aromatic heterocycles. The van der Waals surface area contributed by atoms with Gasteiger partial charge in [-0.3, -0.25) is 4.79 Å². The lowest BCUT2D eigenvalue weighted by atomic mass is 9.98. The zero-order valence-electron chi connectivity index (χ0n) is 14.0. The maximum absolute atomic E-state index is 12.5. The Kier molecular flexibility index (Phi) is 6.59. The number of benzene rings is 1. The van der Waals surface area contributed by atoms with Gasteiger partial charge in [0.05, 0.1) is 0 Å². The summed E-state index contributed by atoms with van der Waals surface area (Å²) in [6.07, 6.45) is 5.23. The molecule has 0 bridgehead atoms. The summed E-state index contributed by atoms with van der Waals surface area (Å²) in [7, 11) is 1.70. The zero-order valence-corrected chi connectivity index (χ0v) is 14.0. The minimum atomic E-state index is -0.0531. The van der Waals surface area contributed by atoms with Crippen LogP contribution in [-0.4, -0.2) is 43.0 Å². The topological polar surface area (TPSA) is 58.6 Å². The fourth-order valence-corrected chi connectivity index (χ4v) is 3.01. The lowest BCUT2D eigenvalue weighted by molar-refractivity contribution is 0.101. The highest BCUT2D eigenvalue weighted by molar-refractivity contribution is 5.95. The van der Waals surface area contributed by atoms with E-state index in [2.05, 4.69) is 5.32 Å². The van der Waals surface area contributed by atoms with Gasteiger partial charge in [-0.05, 0) is 63.3 Å². The molecule has 23 heavy (non-hydrogen) atoms. The van der Waals surface area contributed by atoms with Gasteiger partial charge in [0.25, 0.3) is 0 Å². The molecule has 0 aliphatic carbocycles. The number of nitrogens with zero attached hydrogens (tertiary/aromatic N) is 1. The first-order valence-corrected chi connectivity index (χ1v) is 8.29. The monoisotopic (exact) mass is 318 g/mol. The van der Waals surface area contributed by atoms with Crippen LogP contribution in [0.3, 0.4) is 0 Å². The van der Waals surface area contributed by atoms with Crippen LogP contribution in [0.25, 0.3) is 0 Å². The zero-order chi connectivity index (χ0) is 16.7. The van der Waals surface area contributed by atoms with Gasteiger partial charge in [-0.1, -0.05) is 0 Å². The van der Waals surface area contributed by atoms with E-state index in [1.807, 2.05) is 4.90 Å². The summed E-state index contributed by atoms with van der Waals surface area (Å²) in [5.74, 6) is 0.0251. The second kappa shape index (κ2) is 8.67. The first-order chi connectivity index (χ1) is 11.1. The summed E-state index contributed by atoms with van der Waals surface area (Å²) >= 11 is 0. The van der Waals surface area contributed by atoms with Gasteiger partial charge in [0.15, 0.2) is 5.78 Å². The van der Waals surface area contributed by atoms with Crippen LogP contribution in [0.2, 0.25) is 0 Å². The highest BCUT2D eigenvalue weighted by atomic mass is 16.5. The van der Waals surface area contributed by atoms with Crippen molar-refractivity contribution in [3.8, 4) is 0 Å². The van der Waals surface area contributed by atoms with Gasteiger partial charge in [0.1, 0.15) is 0 Å². The predicted molar refractivity (Wildman–Crippen MR) is 90.9 cm³/mol. The van der Waals surface area contributed by atoms with Crippen LogP contribution in [0.4, 0.5) is 10.5 Å². The van der Waals surface area contributed by atoms with Crippen molar-refractivity contribution in [1.29, 1.82) is 0 Å². The minimum absolute atomic E-state index is 0.0251. The molecule has 126 valence electrons. The fourth-order valence-electron chi connectivity index (χ4n) is 3.01. The molecule has 1 aromatic carbocycles. The van der Waals surface area contributed by atoms with Crippen LogP contribution in [0.1, 0.15) is 49.4 Å². The summed E-state index contributed by atoms with van der Waals surface area (Å²) < 4.78 is 5.11. The van der Waals surface area contributed by atoms with Crippen LogP contribution in [-0.2, 0) is 4.74 Å². The molecule has 5 nitrogen and oxygen atoms in total. The molecule has 1 aliphatic rings. The van der Waals surface area contributed by atoms with Crippen molar-refractivity contribution in [2.45, 2.75) is 45.1 Å².